The zero-order valence-corrected chi connectivity index (χ0v) is 10.7. The van der Waals surface area contributed by atoms with Gasteiger partial charge in [-0.1, -0.05) is 19.0 Å². The Morgan fingerprint density at radius 2 is 2.00 bits per heavy atom. The lowest BCUT2D eigenvalue weighted by atomic mass is 10.1. The van der Waals surface area contributed by atoms with Crippen molar-refractivity contribution >= 4 is 0 Å². The minimum absolute atomic E-state index is 0.379. The number of hydrogen-bond donors (Lipinski definition) is 1. The Balaban J connectivity index is 1.92. The Hall–Kier alpha value is -2.50. The molecule has 0 aliphatic heterocycles. The molecule has 19 heavy (non-hydrogen) atoms. The molecule has 3 rings (SSSR count). The SMILES string of the molecule is CC(C)c1cc(-c2nc(-c3ccncc3)no2)n[nH]1. The van der Waals surface area contributed by atoms with E-state index in [9.17, 15) is 0 Å². The Morgan fingerprint density at radius 1 is 1.21 bits per heavy atom. The van der Waals surface area contributed by atoms with Crippen LogP contribution in [0.25, 0.3) is 23.0 Å². The van der Waals surface area contributed by atoms with Gasteiger partial charge in [0.1, 0.15) is 0 Å². The highest BCUT2D eigenvalue weighted by atomic mass is 16.5. The second kappa shape index (κ2) is 4.64. The average molecular weight is 255 g/mol. The van der Waals surface area contributed by atoms with Crippen molar-refractivity contribution in [2.24, 2.45) is 0 Å². The van der Waals surface area contributed by atoms with Gasteiger partial charge < -0.3 is 4.52 Å². The highest BCUT2D eigenvalue weighted by Crippen LogP contribution is 2.22. The number of nitrogens with zero attached hydrogens (tertiary/aromatic N) is 4. The van der Waals surface area contributed by atoms with Crippen molar-refractivity contribution in [2.75, 3.05) is 0 Å². The van der Waals surface area contributed by atoms with Crippen LogP contribution in [0.1, 0.15) is 25.5 Å². The molecular weight excluding hydrogens is 242 g/mol. The van der Waals surface area contributed by atoms with Crippen molar-refractivity contribution in [3.8, 4) is 23.0 Å². The van der Waals surface area contributed by atoms with Crippen molar-refractivity contribution < 1.29 is 4.52 Å². The maximum atomic E-state index is 5.23. The quantitative estimate of drug-likeness (QED) is 0.778. The highest BCUT2D eigenvalue weighted by Gasteiger charge is 2.14. The molecule has 6 heteroatoms. The summed E-state index contributed by atoms with van der Waals surface area (Å²) in [7, 11) is 0. The molecule has 0 saturated carbocycles. The van der Waals surface area contributed by atoms with Crippen LogP contribution in [0.15, 0.2) is 35.1 Å². The molecule has 0 amide bonds. The van der Waals surface area contributed by atoms with Gasteiger partial charge in [-0.15, -0.1) is 0 Å². The van der Waals surface area contributed by atoms with E-state index in [1.807, 2.05) is 18.2 Å². The van der Waals surface area contributed by atoms with Gasteiger partial charge in [0.25, 0.3) is 5.89 Å². The Kier molecular flexibility index (Phi) is 2.83. The topological polar surface area (TPSA) is 80.5 Å². The lowest BCUT2D eigenvalue weighted by Crippen LogP contribution is -1.85. The van der Waals surface area contributed by atoms with E-state index in [4.69, 9.17) is 4.52 Å². The molecule has 6 nitrogen and oxygen atoms in total. The smallest absolute Gasteiger partial charge is 0.278 e. The first-order valence-electron chi connectivity index (χ1n) is 6.04. The van der Waals surface area contributed by atoms with E-state index in [1.165, 1.54) is 0 Å². The van der Waals surface area contributed by atoms with Crippen LogP contribution in [0.4, 0.5) is 0 Å². The van der Waals surface area contributed by atoms with Crippen molar-refractivity contribution in [2.45, 2.75) is 19.8 Å². The minimum atomic E-state index is 0.379. The zero-order chi connectivity index (χ0) is 13.2. The number of aromatic amines is 1. The van der Waals surface area contributed by atoms with E-state index in [0.717, 1.165) is 11.3 Å². The molecule has 3 aromatic heterocycles. The third-order valence-corrected chi connectivity index (χ3v) is 2.80. The van der Waals surface area contributed by atoms with Crippen LogP contribution in [-0.4, -0.2) is 25.3 Å². The van der Waals surface area contributed by atoms with Gasteiger partial charge in [-0.05, 0) is 24.1 Å². The molecule has 0 unspecified atom stereocenters. The van der Waals surface area contributed by atoms with Gasteiger partial charge in [0.15, 0.2) is 5.69 Å². The fraction of sp³-hybridized carbons (Fsp3) is 0.231. The third kappa shape index (κ3) is 2.24. The minimum Gasteiger partial charge on any atom is -0.332 e. The van der Waals surface area contributed by atoms with Crippen LogP contribution in [0.5, 0.6) is 0 Å². The monoisotopic (exact) mass is 255 g/mol. The molecule has 1 N–H and O–H groups in total. The normalized spacial score (nSPS) is 11.1. The predicted molar refractivity (Wildman–Crippen MR) is 69.2 cm³/mol. The molecule has 0 saturated heterocycles. The van der Waals surface area contributed by atoms with Crippen molar-refractivity contribution in [3.63, 3.8) is 0 Å². The molecule has 0 fully saturated rings. The molecule has 0 atom stereocenters. The van der Waals surface area contributed by atoms with Crippen molar-refractivity contribution in [1.29, 1.82) is 0 Å². The van der Waals surface area contributed by atoms with Gasteiger partial charge in [-0.3, -0.25) is 10.1 Å². The van der Waals surface area contributed by atoms with Gasteiger partial charge in [0.2, 0.25) is 5.82 Å². The number of hydrogen-bond acceptors (Lipinski definition) is 5. The molecule has 0 aliphatic carbocycles. The first-order valence-corrected chi connectivity index (χ1v) is 6.04. The fourth-order valence-corrected chi connectivity index (χ4v) is 1.69. The van der Waals surface area contributed by atoms with Crippen LogP contribution < -0.4 is 0 Å². The Bertz CT molecular complexity index is 671. The molecule has 3 heterocycles. The van der Waals surface area contributed by atoms with E-state index >= 15 is 0 Å². The highest BCUT2D eigenvalue weighted by molar-refractivity contribution is 5.57. The van der Waals surface area contributed by atoms with Crippen LogP contribution in [0, 0.1) is 0 Å². The molecule has 3 aromatic rings. The number of rotatable bonds is 3. The summed E-state index contributed by atoms with van der Waals surface area (Å²) < 4.78 is 5.23. The van der Waals surface area contributed by atoms with Gasteiger partial charge in [-0.25, -0.2) is 0 Å². The summed E-state index contributed by atoms with van der Waals surface area (Å²) in [5, 5.41) is 11.1. The molecule has 0 spiro atoms. The second-order valence-electron chi connectivity index (χ2n) is 4.52. The summed E-state index contributed by atoms with van der Waals surface area (Å²) >= 11 is 0. The Labute approximate surface area is 109 Å². The summed E-state index contributed by atoms with van der Waals surface area (Å²) in [4.78, 5) is 8.29. The van der Waals surface area contributed by atoms with Gasteiger partial charge >= 0.3 is 0 Å². The summed E-state index contributed by atoms with van der Waals surface area (Å²) in [6.45, 7) is 4.18. The number of nitrogens with one attached hydrogen (secondary N) is 1. The summed E-state index contributed by atoms with van der Waals surface area (Å²) in [6.07, 6.45) is 3.38. The molecular formula is C13H13N5O. The largest absolute Gasteiger partial charge is 0.332 e. The third-order valence-electron chi connectivity index (χ3n) is 2.80. The standard InChI is InChI=1S/C13H13N5O/c1-8(2)10-7-11(17-16-10)13-15-12(18-19-13)9-3-5-14-6-4-9/h3-8H,1-2H3,(H,16,17). The fourth-order valence-electron chi connectivity index (χ4n) is 1.69. The molecule has 0 aromatic carbocycles. The summed E-state index contributed by atoms with van der Waals surface area (Å²) in [5.41, 5.74) is 2.57. The average Bonchev–Trinajstić information content (AvgIpc) is 3.09. The lowest BCUT2D eigenvalue weighted by molar-refractivity contribution is 0.431. The first-order chi connectivity index (χ1) is 9.24. The van der Waals surface area contributed by atoms with Crippen LogP contribution in [0.3, 0.4) is 0 Å². The lowest BCUT2D eigenvalue weighted by Gasteiger charge is -1.95. The number of pyridine rings is 1. The van der Waals surface area contributed by atoms with Crippen LogP contribution >= 0.6 is 0 Å². The van der Waals surface area contributed by atoms with Crippen LogP contribution in [-0.2, 0) is 0 Å². The maximum Gasteiger partial charge on any atom is 0.278 e. The summed E-state index contributed by atoms with van der Waals surface area (Å²) in [5.74, 6) is 1.32. The zero-order valence-electron chi connectivity index (χ0n) is 10.7. The molecule has 0 radical (unpaired) electrons. The van der Waals surface area contributed by atoms with E-state index in [1.54, 1.807) is 12.4 Å². The number of H-pyrrole nitrogens is 1. The molecule has 96 valence electrons. The van der Waals surface area contributed by atoms with Crippen LogP contribution in [0.2, 0.25) is 0 Å². The van der Waals surface area contributed by atoms with E-state index < -0.39 is 0 Å². The first kappa shape index (κ1) is 11.6. The summed E-state index contributed by atoms with van der Waals surface area (Å²) in [6, 6.07) is 5.59. The van der Waals surface area contributed by atoms with Crippen molar-refractivity contribution in [1.82, 2.24) is 25.3 Å². The van der Waals surface area contributed by atoms with E-state index in [-0.39, 0.29) is 0 Å². The molecule has 0 bridgehead atoms. The maximum absolute atomic E-state index is 5.23. The van der Waals surface area contributed by atoms with E-state index in [2.05, 4.69) is 39.2 Å². The van der Waals surface area contributed by atoms with Gasteiger partial charge in [0, 0.05) is 23.7 Å². The van der Waals surface area contributed by atoms with Gasteiger partial charge in [-0.2, -0.15) is 10.1 Å². The Morgan fingerprint density at radius 3 is 2.68 bits per heavy atom. The van der Waals surface area contributed by atoms with E-state index in [0.29, 0.717) is 23.3 Å². The van der Waals surface area contributed by atoms with Gasteiger partial charge in [0.05, 0.1) is 0 Å². The predicted octanol–water partition coefficient (Wildman–Crippen LogP) is 2.65. The van der Waals surface area contributed by atoms with Crippen molar-refractivity contribution in [3.05, 3.63) is 36.3 Å². The second-order valence-corrected chi connectivity index (χ2v) is 4.52. The molecule has 0 aliphatic rings. The number of aromatic nitrogens is 5.